The molecular formula is C17H24N2O3. The molecule has 1 fully saturated rings. The molecule has 0 radical (unpaired) electrons. The highest BCUT2D eigenvalue weighted by Gasteiger charge is 2.26. The zero-order chi connectivity index (χ0) is 16.1. The van der Waals surface area contributed by atoms with Crippen LogP contribution in [0.2, 0.25) is 0 Å². The average molecular weight is 304 g/mol. The van der Waals surface area contributed by atoms with Gasteiger partial charge in [-0.1, -0.05) is 32.4 Å². The van der Waals surface area contributed by atoms with E-state index in [1.165, 1.54) is 5.56 Å². The number of hydrogen-bond acceptors (Lipinski definition) is 3. The third kappa shape index (κ3) is 4.31. The van der Waals surface area contributed by atoms with Gasteiger partial charge in [0.2, 0.25) is 0 Å². The maximum atomic E-state index is 11.8. The van der Waals surface area contributed by atoms with E-state index in [1.54, 1.807) is 12.1 Å². The topological polar surface area (TPSA) is 78.4 Å². The summed E-state index contributed by atoms with van der Waals surface area (Å²) >= 11 is 0. The first-order valence-corrected chi connectivity index (χ1v) is 7.84. The Morgan fingerprint density at radius 2 is 1.86 bits per heavy atom. The van der Waals surface area contributed by atoms with Crippen LogP contribution in [0.5, 0.6) is 0 Å². The van der Waals surface area contributed by atoms with Crippen LogP contribution in [0, 0.1) is 5.92 Å². The van der Waals surface area contributed by atoms with E-state index < -0.39 is 11.8 Å². The van der Waals surface area contributed by atoms with Gasteiger partial charge in [-0.25, -0.2) is 0 Å². The summed E-state index contributed by atoms with van der Waals surface area (Å²) in [5.41, 5.74) is 1.78. The van der Waals surface area contributed by atoms with Gasteiger partial charge in [0, 0.05) is 18.2 Å². The third-order valence-corrected chi connectivity index (χ3v) is 4.19. The summed E-state index contributed by atoms with van der Waals surface area (Å²) in [6, 6.07) is 7.46. The number of amides is 2. The largest absolute Gasteiger partial charge is 0.393 e. The summed E-state index contributed by atoms with van der Waals surface area (Å²) < 4.78 is 0. The number of aliphatic hydroxyl groups is 1. The van der Waals surface area contributed by atoms with E-state index in [-0.39, 0.29) is 12.0 Å². The molecule has 2 rings (SSSR count). The van der Waals surface area contributed by atoms with Gasteiger partial charge in [-0.05, 0) is 36.5 Å². The second kappa shape index (κ2) is 7.40. The summed E-state index contributed by atoms with van der Waals surface area (Å²) in [7, 11) is 0. The molecule has 2 unspecified atom stereocenters. The SMILES string of the molecule is CC(C)c1ccc(NC(=O)C(=O)NCC2CCCC2O)cc1. The Morgan fingerprint density at radius 3 is 2.41 bits per heavy atom. The second-order valence-corrected chi connectivity index (χ2v) is 6.20. The molecule has 1 aromatic carbocycles. The van der Waals surface area contributed by atoms with Crippen LogP contribution < -0.4 is 10.6 Å². The number of rotatable bonds is 4. The maximum Gasteiger partial charge on any atom is 0.313 e. The highest BCUT2D eigenvalue weighted by molar-refractivity contribution is 6.39. The second-order valence-electron chi connectivity index (χ2n) is 6.20. The molecule has 22 heavy (non-hydrogen) atoms. The molecule has 1 saturated carbocycles. The number of nitrogens with one attached hydrogen (secondary N) is 2. The molecule has 120 valence electrons. The normalized spacial score (nSPS) is 20.9. The summed E-state index contributed by atoms with van der Waals surface area (Å²) in [6.07, 6.45) is 2.26. The molecule has 0 bridgehead atoms. The molecule has 2 amide bonds. The van der Waals surface area contributed by atoms with Crippen molar-refractivity contribution in [1.82, 2.24) is 5.32 Å². The summed E-state index contributed by atoms with van der Waals surface area (Å²) in [4.78, 5) is 23.6. The van der Waals surface area contributed by atoms with Gasteiger partial charge in [-0.3, -0.25) is 9.59 Å². The van der Waals surface area contributed by atoms with E-state index in [2.05, 4.69) is 24.5 Å². The number of carbonyl (C=O) groups excluding carboxylic acids is 2. The quantitative estimate of drug-likeness (QED) is 0.745. The van der Waals surface area contributed by atoms with Crippen LogP contribution in [0.15, 0.2) is 24.3 Å². The molecule has 2 atom stereocenters. The van der Waals surface area contributed by atoms with Crippen molar-refractivity contribution in [2.24, 2.45) is 5.92 Å². The van der Waals surface area contributed by atoms with Crippen molar-refractivity contribution in [1.29, 1.82) is 0 Å². The predicted molar refractivity (Wildman–Crippen MR) is 85.5 cm³/mol. The molecule has 3 N–H and O–H groups in total. The molecule has 0 aliphatic heterocycles. The first kappa shape index (κ1) is 16.5. The van der Waals surface area contributed by atoms with Gasteiger partial charge in [-0.15, -0.1) is 0 Å². The fraction of sp³-hybridized carbons (Fsp3) is 0.529. The first-order valence-electron chi connectivity index (χ1n) is 7.84. The smallest absolute Gasteiger partial charge is 0.313 e. The minimum absolute atomic E-state index is 0.0575. The Bertz CT molecular complexity index is 525. The Hall–Kier alpha value is -1.88. The van der Waals surface area contributed by atoms with E-state index in [9.17, 15) is 14.7 Å². The standard InChI is InChI=1S/C17H24N2O3/c1-11(2)12-6-8-14(9-7-12)19-17(22)16(21)18-10-13-4-3-5-15(13)20/h6-9,11,13,15,20H,3-5,10H2,1-2H3,(H,18,21)(H,19,22). The fourth-order valence-corrected chi connectivity index (χ4v) is 2.70. The van der Waals surface area contributed by atoms with Crippen LogP contribution >= 0.6 is 0 Å². The molecule has 0 spiro atoms. The van der Waals surface area contributed by atoms with Gasteiger partial charge in [-0.2, -0.15) is 0 Å². The zero-order valence-corrected chi connectivity index (χ0v) is 13.1. The molecule has 1 aliphatic rings. The zero-order valence-electron chi connectivity index (χ0n) is 13.1. The van der Waals surface area contributed by atoms with Crippen LogP contribution in [0.1, 0.15) is 44.6 Å². The Balaban J connectivity index is 1.81. The number of benzene rings is 1. The van der Waals surface area contributed by atoms with Gasteiger partial charge in [0.15, 0.2) is 0 Å². The lowest BCUT2D eigenvalue weighted by Gasteiger charge is -2.15. The number of anilines is 1. The minimum Gasteiger partial charge on any atom is -0.393 e. The lowest BCUT2D eigenvalue weighted by atomic mass is 10.0. The van der Waals surface area contributed by atoms with Crippen LogP contribution in [-0.2, 0) is 9.59 Å². The van der Waals surface area contributed by atoms with Crippen LogP contribution in [0.3, 0.4) is 0 Å². The van der Waals surface area contributed by atoms with Crippen molar-refractivity contribution in [3.8, 4) is 0 Å². The third-order valence-electron chi connectivity index (χ3n) is 4.19. The summed E-state index contributed by atoms with van der Waals surface area (Å²) in [5.74, 6) is -0.857. The highest BCUT2D eigenvalue weighted by atomic mass is 16.3. The summed E-state index contributed by atoms with van der Waals surface area (Å²) in [6.45, 7) is 4.54. The Kier molecular flexibility index (Phi) is 5.55. The molecule has 0 aromatic heterocycles. The van der Waals surface area contributed by atoms with E-state index in [0.717, 1.165) is 19.3 Å². The number of aliphatic hydroxyl groups excluding tert-OH is 1. The van der Waals surface area contributed by atoms with E-state index in [4.69, 9.17) is 0 Å². The van der Waals surface area contributed by atoms with Crippen LogP contribution in [0.25, 0.3) is 0 Å². The monoisotopic (exact) mass is 304 g/mol. The van der Waals surface area contributed by atoms with Gasteiger partial charge >= 0.3 is 11.8 Å². The molecule has 0 heterocycles. The maximum absolute atomic E-state index is 11.8. The van der Waals surface area contributed by atoms with E-state index in [0.29, 0.717) is 18.2 Å². The van der Waals surface area contributed by atoms with Gasteiger partial charge < -0.3 is 15.7 Å². The van der Waals surface area contributed by atoms with E-state index >= 15 is 0 Å². The minimum atomic E-state index is -0.676. The van der Waals surface area contributed by atoms with Crippen molar-refractivity contribution >= 4 is 17.5 Å². The molecule has 0 saturated heterocycles. The van der Waals surface area contributed by atoms with Crippen LogP contribution in [-0.4, -0.2) is 29.6 Å². The molecule has 1 aliphatic carbocycles. The molecule has 1 aromatic rings. The molecule has 5 heteroatoms. The predicted octanol–water partition coefficient (Wildman–Crippen LogP) is 2.03. The van der Waals surface area contributed by atoms with Gasteiger partial charge in [0.05, 0.1) is 6.10 Å². The highest BCUT2D eigenvalue weighted by Crippen LogP contribution is 2.24. The lowest BCUT2D eigenvalue weighted by molar-refractivity contribution is -0.136. The first-order chi connectivity index (χ1) is 10.5. The number of hydrogen-bond donors (Lipinski definition) is 3. The summed E-state index contributed by atoms with van der Waals surface area (Å²) in [5, 5.41) is 14.9. The van der Waals surface area contributed by atoms with Gasteiger partial charge in [0.1, 0.15) is 0 Å². The van der Waals surface area contributed by atoms with Gasteiger partial charge in [0.25, 0.3) is 0 Å². The van der Waals surface area contributed by atoms with E-state index in [1.807, 2.05) is 12.1 Å². The van der Waals surface area contributed by atoms with Crippen molar-refractivity contribution in [2.45, 2.75) is 45.1 Å². The lowest BCUT2D eigenvalue weighted by Crippen LogP contribution is -2.39. The van der Waals surface area contributed by atoms with Crippen molar-refractivity contribution in [3.63, 3.8) is 0 Å². The average Bonchev–Trinajstić information content (AvgIpc) is 2.90. The van der Waals surface area contributed by atoms with Crippen LogP contribution in [0.4, 0.5) is 5.69 Å². The van der Waals surface area contributed by atoms with Crippen molar-refractivity contribution in [2.75, 3.05) is 11.9 Å². The Labute approximate surface area is 131 Å². The molecule has 5 nitrogen and oxygen atoms in total. The molecular weight excluding hydrogens is 280 g/mol. The number of carbonyl (C=O) groups is 2. The fourth-order valence-electron chi connectivity index (χ4n) is 2.70. The van der Waals surface area contributed by atoms with Crippen molar-refractivity contribution < 1.29 is 14.7 Å². The Morgan fingerprint density at radius 1 is 1.18 bits per heavy atom. The van der Waals surface area contributed by atoms with Crippen molar-refractivity contribution in [3.05, 3.63) is 29.8 Å².